The van der Waals surface area contributed by atoms with Crippen molar-refractivity contribution in [2.45, 2.75) is 37.5 Å². The summed E-state index contributed by atoms with van der Waals surface area (Å²) in [5.74, 6) is 0.896. The molecule has 6 nitrogen and oxygen atoms in total. The zero-order valence-electron chi connectivity index (χ0n) is 14.0. The summed E-state index contributed by atoms with van der Waals surface area (Å²) in [5, 5.41) is 0. The zero-order chi connectivity index (χ0) is 17.2. The Bertz CT molecular complexity index is 717. The normalized spacial score (nSPS) is 18.8. The van der Waals surface area contributed by atoms with E-state index in [0.717, 1.165) is 24.2 Å². The summed E-state index contributed by atoms with van der Waals surface area (Å²) in [6.45, 7) is 4.48. The number of rotatable bonds is 4. The van der Waals surface area contributed by atoms with Crippen molar-refractivity contribution in [3.05, 3.63) is 23.8 Å². The summed E-state index contributed by atoms with van der Waals surface area (Å²) >= 11 is 0. The molecular formula is C17H24N2O4S. The standard InChI is InChI=1S/C17H24N2O4S/c1-2-4-17(20)18-8-3-9-19(11-10-18)24(21,22)15-5-6-16-14(13-15)7-12-23-16/h5-6,13H,2-4,7-12H2,1H3. The van der Waals surface area contributed by atoms with Gasteiger partial charge in [0.2, 0.25) is 15.9 Å². The highest BCUT2D eigenvalue weighted by Gasteiger charge is 2.29. The molecule has 7 heteroatoms. The van der Waals surface area contributed by atoms with Gasteiger partial charge in [-0.05, 0) is 36.6 Å². The first kappa shape index (κ1) is 17.2. The van der Waals surface area contributed by atoms with E-state index in [9.17, 15) is 13.2 Å². The number of benzene rings is 1. The third-order valence-corrected chi connectivity index (χ3v) is 6.46. The SMILES string of the molecule is CCCC(=O)N1CCCN(S(=O)(=O)c2ccc3c(c2)CCO3)CC1. The Morgan fingerprint density at radius 1 is 1.21 bits per heavy atom. The van der Waals surface area contributed by atoms with Crippen molar-refractivity contribution < 1.29 is 17.9 Å². The van der Waals surface area contributed by atoms with Crippen LogP contribution < -0.4 is 4.74 Å². The van der Waals surface area contributed by atoms with Gasteiger partial charge in [0.25, 0.3) is 0 Å². The number of ether oxygens (including phenoxy) is 1. The average Bonchev–Trinajstić information content (AvgIpc) is 2.88. The lowest BCUT2D eigenvalue weighted by Gasteiger charge is -2.22. The van der Waals surface area contributed by atoms with Crippen LogP contribution in [-0.2, 0) is 21.2 Å². The molecule has 1 saturated heterocycles. The van der Waals surface area contributed by atoms with Crippen LogP contribution >= 0.6 is 0 Å². The predicted octanol–water partition coefficient (Wildman–Crippen LogP) is 1.64. The van der Waals surface area contributed by atoms with E-state index in [4.69, 9.17) is 4.74 Å². The lowest BCUT2D eigenvalue weighted by atomic mass is 10.2. The Labute approximate surface area is 143 Å². The number of hydrogen-bond acceptors (Lipinski definition) is 4. The maximum Gasteiger partial charge on any atom is 0.243 e. The first-order valence-corrected chi connectivity index (χ1v) is 10.00. The van der Waals surface area contributed by atoms with Crippen LogP contribution in [0.25, 0.3) is 0 Å². The Morgan fingerprint density at radius 2 is 2.04 bits per heavy atom. The van der Waals surface area contributed by atoms with Gasteiger partial charge in [-0.1, -0.05) is 6.92 Å². The van der Waals surface area contributed by atoms with Crippen LogP contribution in [0.4, 0.5) is 0 Å². The fraction of sp³-hybridized carbons (Fsp3) is 0.588. The van der Waals surface area contributed by atoms with Gasteiger partial charge in [-0.15, -0.1) is 0 Å². The molecule has 0 spiro atoms. The second-order valence-corrected chi connectivity index (χ2v) is 8.19. The van der Waals surface area contributed by atoms with Crippen molar-refractivity contribution in [3.63, 3.8) is 0 Å². The highest BCUT2D eigenvalue weighted by Crippen LogP contribution is 2.29. The van der Waals surface area contributed by atoms with Crippen molar-refractivity contribution in [1.29, 1.82) is 0 Å². The highest BCUT2D eigenvalue weighted by atomic mass is 32.2. The molecule has 0 N–H and O–H groups in total. The number of carbonyl (C=O) groups is 1. The van der Waals surface area contributed by atoms with Crippen LogP contribution in [0.2, 0.25) is 0 Å². The van der Waals surface area contributed by atoms with E-state index < -0.39 is 10.0 Å². The van der Waals surface area contributed by atoms with Gasteiger partial charge in [0.15, 0.2) is 0 Å². The molecule has 0 atom stereocenters. The predicted molar refractivity (Wildman–Crippen MR) is 90.5 cm³/mol. The third kappa shape index (κ3) is 3.42. The van der Waals surface area contributed by atoms with Crippen molar-refractivity contribution in [3.8, 4) is 5.75 Å². The van der Waals surface area contributed by atoms with Gasteiger partial charge < -0.3 is 9.64 Å². The monoisotopic (exact) mass is 352 g/mol. The Morgan fingerprint density at radius 3 is 2.83 bits per heavy atom. The molecular weight excluding hydrogens is 328 g/mol. The van der Waals surface area contributed by atoms with Gasteiger partial charge in [0, 0.05) is 39.0 Å². The molecule has 132 valence electrons. The summed E-state index contributed by atoms with van der Waals surface area (Å²) in [7, 11) is -3.53. The summed E-state index contributed by atoms with van der Waals surface area (Å²) in [6, 6.07) is 5.08. The van der Waals surface area contributed by atoms with Gasteiger partial charge in [0.05, 0.1) is 11.5 Å². The number of fused-ring (bicyclic) bond motifs is 1. The summed E-state index contributed by atoms with van der Waals surface area (Å²) in [4.78, 5) is 14.2. The van der Waals surface area contributed by atoms with Gasteiger partial charge in [-0.3, -0.25) is 4.79 Å². The second-order valence-electron chi connectivity index (χ2n) is 6.26. The van der Waals surface area contributed by atoms with E-state index in [1.807, 2.05) is 6.92 Å². The van der Waals surface area contributed by atoms with Crippen LogP contribution in [0.3, 0.4) is 0 Å². The van der Waals surface area contributed by atoms with Gasteiger partial charge >= 0.3 is 0 Å². The molecule has 0 aliphatic carbocycles. The summed E-state index contributed by atoms with van der Waals surface area (Å²) in [5.41, 5.74) is 0.950. The van der Waals surface area contributed by atoms with Gasteiger partial charge in [-0.25, -0.2) is 8.42 Å². The first-order chi connectivity index (χ1) is 11.5. The lowest BCUT2D eigenvalue weighted by molar-refractivity contribution is -0.131. The number of nitrogens with zero attached hydrogens (tertiary/aromatic N) is 2. The van der Waals surface area contributed by atoms with Crippen LogP contribution in [0.5, 0.6) is 5.75 Å². The number of amides is 1. The minimum atomic E-state index is -3.53. The Kier molecular flexibility index (Phi) is 5.10. The molecule has 3 rings (SSSR count). The Balaban J connectivity index is 1.74. The van der Waals surface area contributed by atoms with Crippen molar-refractivity contribution in [1.82, 2.24) is 9.21 Å². The molecule has 0 bridgehead atoms. The molecule has 1 aromatic carbocycles. The molecule has 2 heterocycles. The van der Waals surface area contributed by atoms with E-state index in [1.165, 1.54) is 4.31 Å². The third-order valence-electron chi connectivity index (χ3n) is 4.57. The molecule has 1 amide bonds. The zero-order valence-corrected chi connectivity index (χ0v) is 14.8. The average molecular weight is 352 g/mol. The van der Waals surface area contributed by atoms with Crippen LogP contribution in [0, 0.1) is 0 Å². The van der Waals surface area contributed by atoms with Crippen molar-refractivity contribution in [2.75, 3.05) is 32.8 Å². The molecule has 2 aliphatic rings. The quantitative estimate of drug-likeness (QED) is 0.826. The van der Waals surface area contributed by atoms with E-state index in [2.05, 4.69) is 0 Å². The van der Waals surface area contributed by atoms with E-state index in [1.54, 1.807) is 23.1 Å². The van der Waals surface area contributed by atoms with Crippen molar-refractivity contribution >= 4 is 15.9 Å². The van der Waals surface area contributed by atoms with Gasteiger partial charge in [0.1, 0.15) is 5.75 Å². The van der Waals surface area contributed by atoms with E-state index in [-0.39, 0.29) is 5.91 Å². The minimum absolute atomic E-state index is 0.117. The van der Waals surface area contributed by atoms with E-state index >= 15 is 0 Å². The number of hydrogen-bond donors (Lipinski definition) is 0. The molecule has 1 aromatic rings. The van der Waals surface area contributed by atoms with E-state index in [0.29, 0.717) is 50.5 Å². The summed E-state index contributed by atoms with van der Waals surface area (Å²) in [6.07, 6.45) is 2.76. The van der Waals surface area contributed by atoms with Gasteiger partial charge in [-0.2, -0.15) is 4.31 Å². The van der Waals surface area contributed by atoms with Crippen LogP contribution in [-0.4, -0.2) is 56.3 Å². The largest absolute Gasteiger partial charge is 0.493 e. The van der Waals surface area contributed by atoms with Crippen LogP contribution in [0.15, 0.2) is 23.1 Å². The number of carbonyl (C=O) groups excluding carboxylic acids is 1. The first-order valence-electron chi connectivity index (χ1n) is 8.56. The highest BCUT2D eigenvalue weighted by molar-refractivity contribution is 7.89. The maximum absolute atomic E-state index is 12.9. The summed E-state index contributed by atoms with van der Waals surface area (Å²) < 4.78 is 32.8. The molecule has 2 aliphatic heterocycles. The topological polar surface area (TPSA) is 66.9 Å². The minimum Gasteiger partial charge on any atom is -0.493 e. The number of sulfonamides is 1. The van der Waals surface area contributed by atoms with Crippen molar-refractivity contribution in [2.24, 2.45) is 0 Å². The second kappa shape index (κ2) is 7.11. The molecule has 1 fully saturated rings. The maximum atomic E-state index is 12.9. The molecule has 0 radical (unpaired) electrons. The molecule has 0 aromatic heterocycles. The molecule has 24 heavy (non-hydrogen) atoms. The molecule has 0 saturated carbocycles. The lowest BCUT2D eigenvalue weighted by Crippen LogP contribution is -2.37. The molecule has 0 unspecified atom stereocenters. The Hall–Kier alpha value is -1.60. The fourth-order valence-electron chi connectivity index (χ4n) is 3.23. The van der Waals surface area contributed by atoms with Crippen LogP contribution in [0.1, 0.15) is 31.7 Å². The fourth-order valence-corrected chi connectivity index (χ4v) is 4.75. The smallest absolute Gasteiger partial charge is 0.243 e.